The minimum Gasteiger partial charge on any atom is -0.272 e. The van der Waals surface area contributed by atoms with Gasteiger partial charge in [0.05, 0.1) is 12.2 Å². The lowest BCUT2D eigenvalue weighted by Gasteiger charge is -2.09. The lowest BCUT2D eigenvalue weighted by molar-refractivity contribution is 0.630. The average Bonchev–Trinajstić information content (AvgIpc) is 3.05. The topological polar surface area (TPSA) is 48.5 Å². The fourth-order valence-corrected chi connectivity index (χ4v) is 2.98. The smallest absolute Gasteiger partial charge is 0.138 e. The van der Waals surface area contributed by atoms with Crippen LogP contribution in [-0.2, 0) is 26.4 Å². The second-order valence-corrected chi connectivity index (χ2v) is 6.03. The molecule has 2 aromatic heterocycles. The number of benzene rings is 1. The second kappa shape index (κ2) is 6.36. The van der Waals surface area contributed by atoms with Gasteiger partial charge in [-0.3, -0.25) is 4.68 Å². The molecule has 0 radical (unpaired) electrons. The predicted molar refractivity (Wildman–Crippen MR) is 90.4 cm³/mol. The van der Waals surface area contributed by atoms with Crippen LogP contribution in [0.5, 0.6) is 0 Å². The highest BCUT2D eigenvalue weighted by Gasteiger charge is 2.12. The third kappa shape index (κ3) is 3.18. The van der Waals surface area contributed by atoms with Gasteiger partial charge in [-0.2, -0.15) is 10.2 Å². The van der Waals surface area contributed by atoms with E-state index in [1.54, 1.807) is 6.33 Å². The SMILES string of the molecule is Cc1ccccc1Cn1ncnc1CCc1c(C)nn(C)c1C. The molecule has 0 aliphatic carbocycles. The highest BCUT2D eigenvalue weighted by Crippen LogP contribution is 2.15. The number of aryl methyl sites for hydroxylation is 4. The van der Waals surface area contributed by atoms with Gasteiger partial charge >= 0.3 is 0 Å². The maximum Gasteiger partial charge on any atom is 0.138 e. The van der Waals surface area contributed by atoms with Crippen molar-refractivity contribution in [1.29, 1.82) is 0 Å². The van der Waals surface area contributed by atoms with Gasteiger partial charge < -0.3 is 0 Å². The summed E-state index contributed by atoms with van der Waals surface area (Å²) < 4.78 is 3.95. The molecule has 120 valence electrons. The van der Waals surface area contributed by atoms with Crippen LogP contribution in [0.2, 0.25) is 0 Å². The standard InChI is InChI=1S/C18H23N5/c1-13-7-5-6-8-16(13)11-23-18(19-12-20-23)10-9-17-14(2)21-22(4)15(17)3/h5-8,12H,9-11H2,1-4H3. The molecule has 0 unspecified atom stereocenters. The number of rotatable bonds is 5. The second-order valence-electron chi connectivity index (χ2n) is 6.03. The van der Waals surface area contributed by atoms with Crippen molar-refractivity contribution in [3.63, 3.8) is 0 Å². The summed E-state index contributed by atoms with van der Waals surface area (Å²) in [4.78, 5) is 4.45. The highest BCUT2D eigenvalue weighted by molar-refractivity contribution is 5.26. The van der Waals surface area contributed by atoms with Crippen LogP contribution in [0.1, 0.15) is 33.9 Å². The van der Waals surface area contributed by atoms with Gasteiger partial charge in [0.15, 0.2) is 0 Å². The first-order valence-electron chi connectivity index (χ1n) is 7.96. The van der Waals surface area contributed by atoms with E-state index >= 15 is 0 Å². The van der Waals surface area contributed by atoms with Crippen LogP contribution in [-0.4, -0.2) is 24.5 Å². The summed E-state index contributed by atoms with van der Waals surface area (Å²) in [6.45, 7) is 7.09. The van der Waals surface area contributed by atoms with Crippen LogP contribution in [0, 0.1) is 20.8 Å². The highest BCUT2D eigenvalue weighted by atomic mass is 15.3. The quantitative estimate of drug-likeness (QED) is 0.728. The molecule has 1 aromatic carbocycles. The molecule has 0 aliphatic heterocycles. The van der Waals surface area contributed by atoms with Crippen molar-refractivity contribution in [2.24, 2.45) is 7.05 Å². The summed E-state index contributed by atoms with van der Waals surface area (Å²) in [6, 6.07) is 8.42. The first kappa shape index (κ1) is 15.5. The molecule has 5 nitrogen and oxygen atoms in total. The largest absolute Gasteiger partial charge is 0.272 e. The molecule has 0 spiro atoms. The monoisotopic (exact) mass is 309 g/mol. The van der Waals surface area contributed by atoms with Crippen LogP contribution in [0.3, 0.4) is 0 Å². The molecule has 0 atom stereocenters. The summed E-state index contributed by atoms with van der Waals surface area (Å²) in [5.41, 5.74) is 6.22. The van der Waals surface area contributed by atoms with Crippen LogP contribution in [0.4, 0.5) is 0 Å². The summed E-state index contributed by atoms with van der Waals surface area (Å²) >= 11 is 0. The maximum atomic E-state index is 4.49. The normalized spacial score (nSPS) is 11.1. The first-order chi connectivity index (χ1) is 11.1. The van der Waals surface area contributed by atoms with Gasteiger partial charge in [-0.05, 0) is 43.9 Å². The van der Waals surface area contributed by atoms with Crippen molar-refractivity contribution in [2.75, 3.05) is 0 Å². The van der Waals surface area contributed by atoms with Crippen molar-refractivity contribution >= 4 is 0 Å². The van der Waals surface area contributed by atoms with Crippen molar-refractivity contribution in [1.82, 2.24) is 24.5 Å². The first-order valence-corrected chi connectivity index (χ1v) is 7.96. The van der Waals surface area contributed by atoms with E-state index in [1.807, 2.05) is 16.4 Å². The molecule has 3 rings (SSSR count). The Kier molecular flexibility index (Phi) is 4.28. The van der Waals surface area contributed by atoms with Gasteiger partial charge in [-0.1, -0.05) is 24.3 Å². The lowest BCUT2D eigenvalue weighted by atomic mass is 10.1. The number of hydrogen-bond donors (Lipinski definition) is 0. The Morgan fingerprint density at radius 1 is 1.04 bits per heavy atom. The van der Waals surface area contributed by atoms with E-state index in [0.717, 1.165) is 30.9 Å². The summed E-state index contributed by atoms with van der Waals surface area (Å²) in [6.07, 6.45) is 3.47. The fourth-order valence-electron chi connectivity index (χ4n) is 2.98. The van der Waals surface area contributed by atoms with Crippen molar-refractivity contribution in [3.8, 4) is 0 Å². The van der Waals surface area contributed by atoms with E-state index in [9.17, 15) is 0 Å². The zero-order valence-electron chi connectivity index (χ0n) is 14.2. The summed E-state index contributed by atoms with van der Waals surface area (Å²) in [5.74, 6) is 1.02. The molecular formula is C18H23N5. The molecule has 0 bridgehead atoms. The van der Waals surface area contributed by atoms with Crippen LogP contribution < -0.4 is 0 Å². The molecule has 3 aromatic rings. The molecule has 2 heterocycles. The van der Waals surface area contributed by atoms with Crippen LogP contribution in [0.25, 0.3) is 0 Å². The Hall–Kier alpha value is -2.43. The van der Waals surface area contributed by atoms with Crippen LogP contribution >= 0.6 is 0 Å². The van der Waals surface area contributed by atoms with Crippen molar-refractivity contribution < 1.29 is 0 Å². The molecule has 0 fully saturated rings. The molecule has 0 saturated carbocycles. The van der Waals surface area contributed by atoms with E-state index in [0.29, 0.717) is 0 Å². The molecule has 0 N–H and O–H groups in total. The molecule has 5 heteroatoms. The predicted octanol–water partition coefficient (Wildman–Crippen LogP) is 2.77. The molecule has 0 aliphatic rings. The Bertz CT molecular complexity index is 813. The third-order valence-electron chi connectivity index (χ3n) is 4.53. The van der Waals surface area contributed by atoms with E-state index in [1.165, 1.54) is 22.4 Å². The van der Waals surface area contributed by atoms with Crippen molar-refractivity contribution in [2.45, 2.75) is 40.2 Å². The number of aromatic nitrogens is 5. The Balaban J connectivity index is 1.75. The van der Waals surface area contributed by atoms with Crippen LogP contribution in [0.15, 0.2) is 30.6 Å². The summed E-state index contributed by atoms with van der Waals surface area (Å²) in [5, 5.41) is 8.89. The van der Waals surface area contributed by atoms with Gasteiger partial charge in [0.2, 0.25) is 0 Å². The van der Waals surface area contributed by atoms with E-state index < -0.39 is 0 Å². The Labute approximate surface area is 137 Å². The number of nitrogens with zero attached hydrogens (tertiary/aromatic N) is 5. The Morgan fingerprint density at radius 2 is 1.83 bits per heavy atom. The molecule has 0 saturated heterocycles. The van der Waals surface area contributed by atoms with E-state index in [2.05, 4.69) is 60.2 Å². The van der Waals surface area contributed by atoms with E-state index in [-0.39, 0.29) is 0 Å². The zero-order valence-corrected chi connectivity index (χ0v) is 14.2. The van der Waals surface area contributed by atoms with Gasteiger partial charge in [0, 0.05) is 19.2 Å². The minimum atomic E-state index is 0.771. The van der Waals surface area contributed by atoms with Gasteiger partial charge in [-0.25, -0.2) is 9.67 Å². The summed E-state index contributed by atoms with van der Waals surface area (Å²) in [7, 11) is 1.99. The van der Waals surface area contributed by atoms with Gasteiger partial charge in [-0.15, -0.1) is 0 Å². The molecule has 0 amide bonds. The number of hydrogen-bond acceptors (Lipinski definition) is 3. The zero-order chi connectivity index (χ0) is 16.4. The average molecular weight is 309 g/mol. The fraction of sp³-hybridized carbons (Fsp3) is 0.389. The Morgan fingerprint density at radius 3 is 2.52 bits per heavy atom. The lowest BCUT2D eigenvalue weighted by Crippen LogP contribution is -2.09. The van der Waals surface area contributed by atoms with Gasteiger partial charge in [0.25, 0.3) is 0 Å². The third-order valence-corrected chi connectivity index (χ3v) is 4.53. The molecule has 23 heavy (non-hydrogen) atoms. The minimum absolute atomic E-state index is 0.771. The molecular weight excluding hydrogens is 286 g/mol. The maximum absolute atomic E-state index is 4.49. The van der Waals surface area contributed by atoms with E-state index in [4.69, 9.17) is 0 Å². The van der Waals surface area contributed by atoms with Gasteiger partial charge in [0.1, 0.15) is 12.2 Å². The van der Waals surface area contributed by atoms with Crippen molar-refractivity contribution in [3.05, 3.63) is 64.5 Å².